The molecule has 0 bridgehead atoms. The molecule has 0 radical (unpaired) electrons. The van der Waals surface area contributed by atoms with Crippen LogP contribution >= 0.6 is 12.4 Å². The Morgan fingerprint density at radius 1 is 1.38 bits per heavy atom. The summed E-state index contributed by atoms with van der Waals surface area (Å²) in [5.41, 5.74) is 1.94. The average Bonchev–Trinajstić information content (AvgIpc) is 2.99. The fraction of sp³-hybridized carbons (Fsp3) is 0.529. The van der Waals surface area contributed by atoms with E-state index in [4.69, 9.17) is 4.74 Å². The molecule has 2 saturated heterocycles. The van der Waals surface area contributed by atoms with Crippen molar-refractivity contribution in [2.24, 2.45) is 0 Å². The van der Waals surface area contributed by atoms with E-state index in [1.54, 1.807) is 0 Å². The SMILES string of the molecule is C[C@H]1OCCN[C@@H]1C(=O)NCc1ccc(N2CCCC2=O)cc1.Cl. The van der Waals surface area contributed by atoms with Gasteiger partial charge in [0, 0.05) is 31.7 Å². The van der Waals surface area contributed by atoms with Gasteiger partial charge in [-0.05, 0) is 31.0 Å². The zero-order valence-corrected chi connectivity index (χ0v) is 14.6. The number of nitrogens with one attached hydrogen (secondary N) is 2. The van der Waals surface area contributed by atoms with Crippen LogP contribution in [-0.2, 0) is 20.9 Å². The minimum Gasteiger partial charge on any atom is -0.375 e. The van der Waals surface area contributed by atoms with Crippen LogP contribution in [0.3, 0.4) is 0 Å². The number of rotatable bonds is 4. The van der Waals surface area contributed by atoms with Gasteiger partial charge < -0.3 is 20.3 Å². The summed E-state index contributed by atoms with van der Waals surface area (Å²) >= 11 is 0. The molecule has 1 aromatic rings. The van der Waals surface area contributed by atoms with Crippen molar-refractivity contribution in [1.29, 1.82) is 0 Å². The molecule has 0 unspecified atom stereocenters. The lowest BCUT2D eigenvalue weighted by molar-refractivity contribution is -0.129. The number of halogens is 1. The Morgan fingerprint density at radius 3 is 2.75 bits per heavy atom. The summed E-state index contributed by atoms with van der Waals surface area (Å²) in [6, 6.07) is 7.49. The van der Waals surface area contributed by atoms with Crippen LogP contribution in [0, 0.1) is 0 Å². The van der Waals surface area contributed by atoms with E-state index in [0.29, 0.717) is 26.1 Å². The maximum Gasteiger partial charge on any atom is 0.240 e. The molecule has 0 saturated carbocycles. The van der Waals surface area contributed by atoms with Gasteiger partial charge in [-0.1, -0.05) is 12.1 Å². The molecule has 7 heteroatoms. The van der Waals surface area contributed by atoms with Gasteiger partial charge in [-0.15, -0.1) is 12.4 Å². The van der Waals surface area contributed by atoms with Gasteiger partial charge in [0.1, 0.15) is 6.04 Å². The Labute approximate surface area is 148 Å². The Morgan fingerprint density at radius 2 is 2.12 bits per heavy atom. The molecular weight excluding hydrogens is 330 g/mol. The standard InChI is InChI=1S/C17H23N3O3.ClH/c1-12-16(18-8-10-23-12)17(22)19-11-13-4-6-14(7-5-13)20-9-2-3-15(20)21;/h4-7,12,16,18H,2-3,8-11H2,1H3,(H,19,22);1H/t12-,16+;/m1./s1. The number of morpholine rings is 1. The molecule has 1 aromatic carbocycles. The summed E-state index contributed by atoms with van der Waals surface area (Å²) in [5.74, 6) is 0.138. The third-order valence-electron chi connectivity index (χ3n) is 4.39. The molecule has 0 aliphatic carbocycles. The van der Waals surface area contributed by atoms with Crippen LogP contribution in [0.25, 0.3) is 0 Å². The number of carbonyl (C=O) groups excluding carboxylic acids is 2. The number of hydrogen-bond donors (Lipinski definition) is 2. The molecule has 2 aliphatic heterocycles. The minimum atomic E-state index is -0.301. The summed E-state index contributed by atoms with van der Waals surface area (Å²) in [4.78, 5) is 25.7. The van der Waals surface area contributed by atoms with E-state index in [0.717, 1.165) is 24.2 Å². The van der Waals surface area contributed by atoms with Crippen molar-refractivity contribution in [2.75, 3.05) is 24.6 Å². The number of carbonyl (C=O) groups is 2. The van der Waals surface area contributed by atoms with Crippen LogP contribution < -0.4 is 15.5 Å². The predicted molar refractivity (Wildman–Crippen MR) is 94.3 cm³/mol. The molecule has 2 atom stereocenters. The topological polar surface area (TPSA) is 70.7 Å². The second kappa shape index (κ2) is 8.46. The Balaban J connectivity index is 0.00000208. The molecular formula is C17H24ClN3O3. The molecule has 2 fully saturated rings. The van der Waals surface area contributed by atoms with Crippen molar-refractivity contribution in [1.82, 2.24) is 10.6 Å². The van der Waals surface area contributed by atoms with Gasteiger partial charge in [0.25, 0.3) is 0 Å². The van der Waals surface area contributed by atoms with Crippen LogP contribution in [0.15, 0.2) is 24.3 Å². The van der Waals surface area contributed by atoms with Crippen molar-refractivity contribution < 1.29 is 14.3 Å². The molecule has 24 heavy (non-hydrogen) atoms. The lowest BCUT2D eigenvalue weighted by atomic mass is 10.1. The number of anilines is 1. The lowest BCUT2D eigenvalue weighted by Gasteiger charge is -2.29. The lowest BCUT2D eigenvalue weighted by Crippen LogP contribution is -2.55. The molecule has 2 N–H and O–H groups in total. The molecule has 0 spiro atoms. The van der Waals surface area contributed by atoms with Crippen LogP contribution in [0.2, 0.25) is 0 Å². The summed E-state index contributed by atoms with van der Waals surface area (Å²) < 4.78 is 5.49. The molecule has 6 nitrogen and oxygen atoms in total. The van der Waals surface area contributed by atoms with E-state index < -0.39 is 0 Å². The van der Waals surface area contributed by atoms with Gasteiger partial charge in [-0.25, -0.2) is 0 Å². The molecule has 132 valence electrons. The zero-order valence-electron chi connectivity index (χ0n) is 13.8. The van der Waals surface area contributed by atoms with E-state index >= 15 is 0 Å². The van der Waals surface area contributed by atoms with E-state index in [1.807, 2.05) is 36.1 Å². The van der Waals surface area contributed by atoms with Gasteiger partial charge in [-0.3, -0.25) is 9.59 Å². The van der Waals surface area contributed by atoms with E-state index in [-0.39, 0.29) is 36.4 Å². The number of benzene rings is 1. The van der Waals surface area contributed by atoms with Crippen LogP contribution in [-0.4, -0.2) is 43.7 Å². The summed E-state index contributed by atoms with van der Waals surface area (Å²) in [6.45, 7) is 4.50. The van der Waals surface area contributed by atoms with Crippen molar-refractivity contribution in [2.45, 2.75) is 38.5 Å². The van der Waals surface area contributed by atoms with Crippen molar-refractivity contribution in [3.05, 3.63) is 29.8 Å². The number of nitrogens with zero attached hydrogens (tertiary/aromatic N) is 1. The maximum absolute atomic E-state index is 12.2. The molecule has 2 heterocycles. The summed E-state index contributed by atoms with van der Waals surface area (Å²) in [6.07, 6.45) is 1.44. The fourth-order valence-electron chi connectivity index (χ4n) is 3.04. The second-order valence-electron chi connectivity index (χ2n) is 6.04. The highest BCUT2D eigenvalue weighted by molar-refractivity contribution is 5.95. The smallest absolute Gasteiger partial charge is 0.240 e. The van der Waals surface area contributed by atoms with E-state index in [1.165, 1.54) is 0 Å². The van der Waals surface area contributed by atoms with Crippen LogP contribution in [0.1, 0.15) is 25.3 Å². The van der Waals surface area contributed by atoms with E-state index in [9.17, 15) is 9.59 Å². The van der Waals surface area contributed by atoms with Gasteiger partial charge in [-0.2, -0.15) is 0 Å². The normalized spacial score (nSPS) is 23.7. The third-order valence-corrected chi connectivity index (χ3v) is 4.39. The highest BCUT2D eigenvalue weighted by Gasteiger charge is 2.28. The Hall–Kier alpha value is -1.63. The third kappa shape index (κ3) is 4.26. The van der Waals surface area contributed by atoms with E-state index in [2.05, 4.69) is 10.6 Å². The highest BCUT2D eigenvalue weighted by Crippen LogP contribution is 2.21. The Kier molecular flexibility index (Phi) is 6.60. The zero-order chi connectivity index (χ0) is 16.2. The van der Waals surface area contributed by atoms with Crippen LogP contribution in [0.5, 0.6) is 0 Å². The fourth-order valence-corrected chi connectivity index (χ4v) is 3.04. The van der Waals surface area contributed by atoms with Crippen LogP contribution in [0.4, 0.5) is 5.69 Å². The minimum absolute atomic E-state index is 0. The van der Waals surface area contributed by atoms with Gasteiger partial charge in [0.15, 0.2) is 0 Å². The monoisotopic (exact) mass is 353 g/mol. The van der Waals surface area contributed by atoms with Crippen molar-refractivity contribution in [3.8, 4) is 0 Å². The van der Waals surface area contributed by atoms with Gasteiger partial charge in [0.2, 0.25) is 11.8 Å². The summed E-state index contributed by atoms with van der Waals surface area (Å²) in [7, 11) is 0. The first-order valence-electron chi connectivity index (χ1n) is 8.17. The Bertz CT molecular complexity index is 579. The van der Waals surface area contributed by atoms with Crippen molar-refractivity contribution >= 4 is 29.9 Å². The number of hydrogen-bond acceptors (Lipinski definition) is 4. The molecule has 2 amide bonds. The van der Waals surface area contributed by atoms with Crippen molar-refractivity contribution in [3.63, 3.8) is 0 Å². The molecule has 2 aliphatic rings. The number of ether oxygens (including phenoxy) is 1. The van der Waals surface area contributed by atoms with Gasteiger partial charge >= 0.3 is 0 Å². The first kappa shape index (κ1) is 18.7. The average molecular weight is 354 g/mol. The highest BCUT2D eigenvalue weighted by atomic mass is 35.5. The molecule has 0 aromatic heterocycles. The molecule has 3 rings (SSSR count). The van der Waals surface area contributed by atoms with Gasteiger partial charge in [0.05, 0.1) is 12.7 Å². The first-order chi connectivity index (χ1) is 11.1. The number of amides is 2. The quantitative estimate of drug-likeness (QED) is 0.854. The first-order valence-corrected chi connectivity index (χ1v) is 8.17. The summed E-state index contributed by atoms with van der Waals surface area (Å²) in [5, 5.41) is 6.11. The predicted octanol–water partition coefficient (Wildman–Crippen LogP) is 1.23. The second-order valence-corrected chi connectivity index (χ2v) is 6.04. The largest absolute Gasteiger partial charge is 0.375 e. The maximum atomic E-state index is 12.2.